The highest BCUT2D eigenvalue weighted by atomic mass is 32.2. The molecule has 6 nitrogen and oxygen atoms in total. The molecule has 0 aliphatic heterocycles. The molecule has 0 saturated heterocycles. The fourth-order valence-corrected chi connectivity index (χ4v) is 3.06. The fourth-order valence-electron chi connectivity index (χ4n) is 2.72. The minimum absolute atomic E-state index is 0.00811. The second-order valence-electron chi connectivity index (χ2n) is 5.88. The molecule has 0 unspecified atom stereocenters. The quantitative estimate of drug-likeness (QED) is 0.715. The Morgan fingerprint density at radius 2 is 1.96 bits per heavy atom. The molecule has 23 heavy (non-hydrogen) atoms. The van der Waals surface area contributed by atoms with Crippen molar-refractivity contribution >= 4 is 22.8 Å². The summed E-state index contributed by atoms with van der Waals surface area (Å²) >= 11 is 1.83. The van der Waals surface area contributed by atoms with Crippen LogP contribution in [0.3, 0.4) is 0 Å². The first-order valence-electron chi connectivity index (χ1n) is 7.55. The van der Waals surface area contributed by atoms with E-state index in [0.717, 1.165) is 28.7 Å². The van der Waals surface area contributed by atoms with Gasteiger partial charge in [0.05, 0.1) is 23.3 Å². The average molecular weight is 331 g/mol. The lowest BCUT2D eigenvalue weighted by Crippen LogP contribution is -2.19. The Morgan fingerprint density at radius 1 is 1.22 bits per heavy atom. The molecular formula is C16H21N5OS. The van der Waals surface area contributed by atoms with E-state index in [0.29, 0.717) is 11.8 Å². The lowest BCUT2D eigenvalue weighted by atomic mass is 10.2. The minimum atomic E-state index is -0.00811. The Balaban J connectivity index is 1.84. The van der Waals surface area contributed by atoms with Crippen molar-refractivity contribution in [2.45, 2.75) is 25.1 Å². The molecule has 1 aromatic carbocycles. The van der Waals surface area contributed by atoms with Crippen LogP contribution in [-0.2, 0) is 27.1 Å². The summed E-state index contributed by atoms with van der Waals surface area (Å²) < 4.78 is 5.19. The first kappa shape index (κ1) is 15.9. The van der Waals surface area contributed by atoms with E-state index in [4.69, 9.17) is 0 Å². The smallest absolute Gasteiger partial charge is 0.295 e. The lowest BCUT2D eigenvalue weighted by Gasteiger charge is -2.04. The van der Waals surface area contributed by atoms with Gasteiger partial charge in [-0.2, -0.15) is 11.8 Å². The molecule has 0 N–H and O–H groups in total. The SMILES string of the molecule is CS[C@@H](C)Cc1cn(Cc2ccc3c(c2)n(C)c(=O)n3C)nn1. The van der Waals surface area contributed by atoms with Crippen LogP contribution < -0.4 is 5.69 Å². The number of thioether (sulfide) groups is 1. The third kappa shape index (κ3) is 3.06. The van der Waals surface area contributed by atoms with Crippen molar-refractivity contribution in [3.63, 3.8) is 0 Å². The molecule has 0 spiro atoms. The first-order valence-corrected chi connectivity index (χ1v) is 8.84. The van der Waals surface area contributed by atoms with Crippen LogP contribution in [0, 0.1) is 0 Å². The molecule has 7 heteroatoms. The summed E-state index contributed by atoms with van der Waals surface area (Å²) in [5.74, 6) is 0. The number of benzene rings is 1. The van der Waals surface area contributed by atoms with E-state index >= 15 is 0 Å². The molecule has 0 bridgehead atoms. The molecule has 2 aromatic heterocycles. The Kier molecular flexibility index (Phi) is 4.30. The second kappa shape index (κ2) is 6.23. The molecule has 0 amide bonds. The van der Waals surface area contributed by atoms with Crippen LogP contribution in [0.15, 0.2) is 29.2 Å². The number of fused-ring (bicyclic) bond motifs is 1. The van der Waals surface area contributed by atoms with Gasteiger partial charge in [0.25, 0.3) is 0 Å². The van der Waals surface area contributed by atoms with E-state index in [9.17, 15) is 4.79 Å². The third-order valence-electron chi connectivity index (χ3n) is 4.17. The number of hydrogen-bond donors (Lipinski definition) is 0. The summed E-state index contributed by atoms with van der Waals surface area (Å²) in [6, 6.07) is 6.07. The molecule has 122 valence electrons. The Bertz CT molecular complexity index is 892. The van der Waals surface area contributed by atoms with Gasteiger partial charge >= 0.3 is 5.69 Å². The van der Waals surface area contributed by atoms with Crippen molar-refractivity contribution < 1.29 is 0 Å². The standard InChI is InChI=1S/C16H21N5OS/c1-11(23-4)7-13-10-21(18-17-13)9-12-5-6-14-15(8-12)20(3)16(22)19(14)2/h5-6,8,10-11H,7,9H2,1-4H3/t11-/m0/s1. The summed E-state index contributed by atoms with van der Waals surface area (Å²) in [6.45, 7) is 2.84. The molecule has 0 aliphatic carbocycles. The van der Waals surface area contributed by atoms with Gasteiger partial charge in [0.15, 0.2) is 0 Å². The monoisotopic (exact) mass is 331 g/mol. The maximum absolute atomic E-state index is 12.0. The summed E-state index contributed by atoms with van der Waals surface area (Å²) in [6.07, 6.45) is 5.03. The predicted molar refractivity (Wildman–Crippen MR) is 94.0 cm³/mol. The van der Waals surface area contributed by atoms with E-state index in [1.807, 2.05) is 40.8 Å². The Morgan fingerprint density at radius 3 is 2.70 bits per heavy atom. The number of nitrogens with zero attached hydrogens (tertiary/aromatic N) is 5. The van der Waals surface area contributed by atoms with E-state index in [2.05, 4.69) is 23.5 Å². The van der Waals surface area contributed by atoms with Crippen LogP contribution in [0.2, 0.25) is 0 Å². The highest BCUT2D eigenvalue weighted by Crippen LogP contribution is 2.15. The number of imidazole rings is 1. The zero-order chi connectivity index (χ0) is 16.6. The topological polar surface area (TPSA) is 57.6 Å². The predicted octanol–water partition coefficient (Wildman–Crippen LogP) is 1.81. The molecule has 0 aliphatic rings. The van der Waals surface area contributed by atoms with Crippen molar-refractivity contribution in [3.05, 3.63) is 46.1 Å². The highest BCUT2D eigenvalue weighted by Gasteiger charge is 2.10. The third-order valence-corrected chi connectivity index (χ3v) is 5.14. The number of rotatable bonds is 5. The van der Waals surface area contributed by atoms with Crippen molar-refractivity contribution in [1.82, 2.24) is 24.1 Å². The van der Waals surface area contributed by atoms with Gasteiger partial charge in [-0.15, -0.1) is 5.10 Å². The normalized spacial score (nSPS) is 12.9. The van der Waals surface area contributed by atoms with Crippen LogP contribution >= 0.6 is 11.8 Å². The van der Waals surface area contributed by atoms with Gasteiger partial charge in [0.2, 0.25) is 0 Å². The number of aryl methyl sites for hydroxylation is 2. The van der Waals surface area contributed by atoms with E-state index < -0.39 is 0 Å². The largest absolute Gasteiger partial charge is 0.328 e. The molecule has 2 heterocycles. The number of aromatic nitrogens is 5. The van der Waals surface area contributed by atoms with Gasteiger partial charge in [0.1, 0.15) is 0 Å². The molecule has 0 radical (unpaired) electrons. The van der Waals surface area contributed by atoms with Gasteiger partial charge in [-0.3, -0.25) is 9.13 Å². The van der Waals surface area contributed by atoms with Gasteiger partial charge in [0, 0.05) is 32.0 Å². The molecular weight excluding hydrogens is 310 g/mol. The zero-order valence-electron chi connectivity index (χ0n) is 13.9. The fraction of sp³-hybridized carbons (Fsp3) is 0.438. The van der Waals surface area contributed by atoms with Crippen LogP contribution in [0.1, 0.15) is 18.2 Å². The van der Waals surface area contributed by atoms with Gasteiger partial charge in [-0.05, 0) is 24.0 Å². The second-order valence-corrected chi connectivity index (χ2v) is 7.16. The first-order chi connectivity index (χ1) is 11.0. The maximum Gasteiger partial charge on any atom is 0.328 e. The van der Waals surface area contributed by atoms with Gasteiger partial charge in [-0.1, -0.05) is 18.2 Å². The minimum Gasteiger partial charge on any atom is -0.295 e. The van der Waals surface area contributed by atoms with Crippen LogP contribution in [0.25, 0.3) is 11.0 Å². The van der Waals surface area contributed by atoms with Crippen molar-refractivity contribution in [1.29, 1.82) is 0 Å². The van der Waals surface area contributed by atoms with Gasteiger partial charge in [-0.25, -0.2) is 9.48 Å². The van der Waals surface area contributed by atoms with Crippen LogP contribution in [-0.4, -0.2) is 35.6 Å². The molecule has 3 rings (SSSR count). The van der Waals surface area contributed by atoms with E-state index in [1.54, 1.807) is 23.2 Å². The maximum atomic E-state index is 12.0. The Hall–Kier alpha value is -2.02. The van der Waals surface area contributed by atoms with Crippen LogP contribution in [0.4, 0.5) is 0 Å². The van der Waals surface area contributed by atoms with E-state index in [1.165, 1.54) is 0 Å². The van der Waals surface area contributed by atoms with E-state index in [-0.39, 0.29) is 5.69 Å². The van der Waals surface area contributed by atoms with Crippen molar-refractivity contribution in [2.24, 2.45) is 14.1 Å². The van der Waals surface area contributed by atoms with Crippen molar-refractivity contribution in [3.8, 4) is 0 Å². The molecule has 3 aromatic rings. The molecule has 0 fully saturated rings. The Labute approximate surface area is 139 Å². The average Bonchev–Trinajstić information content (AvgIpc) is 3.06. The molecule has 0 saturated carbocycles. The lowest BCUT2D eigenvalue weighted by molar-refractivity contribution is 0.649. The zero-order valence-corrected chi connectivity index (χ0v) is 14.7. The summed E-state index contributed by atoms with van der Waals surface area (Å²) in [5.41, 5.74) is 3.99. The number of hydrogen-bond acceptors (Lipinski definition) is 4. The van der Waals surface area contributed by atoms with Crippen LogP contribution in [0.5, 0.6) is 0 Å². The highest BCUT2D eigenvalue weighted by molar-refractivity contribution is 7.99. The summed E-state index contributed by atoms with van der Waals surface area (Å²) in [4.78, 5) is 12.0. The van der Waals surface area contributed by atoms with Crippen molar-refractivity contribution in [2.75, 3.05) is 6.26 Å². The molecule has 1 atom stereocenters. The summed E-state index contributed by atoms with van der Waals surface area (Å²) in [5, 5.41) is 8.98. The summed E-state index contributed by atoms with van der Waals surface area (Å²) in [7, 11) is 3.59. The van der Waals surface area contributed by atoms with Gasteiger partial charge < -0.3 is 0 Å².